The van der Waals surface area contributed by atoms with E-state index in [1.54, 1.807) is 0 Å². The highest BCUT2D eigenvalue weighted by Crippen LogP contribution is 2.27. The molecule has 0 aliphatic carbocycles. The van der Waals surface area contributed by atoms with Crippen molar-refractivity contribution >= 4 is 17.2 Å². The van der Waals surface area contributed by atoms with Crippen LogP contribution in [-0.4, -0.2) is 53.5 Å². The third kappa shape index (κ3) is 3.98. The van der Waals surface area contributed by atoms with Gasteiger partial charge in [-0.2, -0.15) is 0 Å². The van der Waals surface area contributed by atoms with Crippen LogP contribution in [0.25, 0.3) is 10.6 Å². The normalized spacial score (nSPS) is 16.4. The summed E-state index contributed by atoms with van der Waals surface area (Å²) in [6, 6.07) is 14.8. The molecule has 0 unspecified atom stereocenters. The lowest BCUT2D eigenvalue weighted by Crippen LogP contribution is -2.48. The van der Waals surface area contributed by atoms with Crippen LogP contribution >= 0.6 is 11.3 Å². The minimum Gasteiger partial charge on any atom is -0.493 e. The maximum atomic E-state index is 12.9. The summed E-state index contributed by atoms with van der Waals surface area (Å²) in [6.45, 7) is 7.03. The Morgan fingerprint density at radius 3 is 2.70 bits per heavy atom. The average Bonchev–Trinajstić information content (AvgIpc) is 3.44. The summed E-state index contributed by atoms with van der Waals surface area (Å²) in [7, 11) is 0. The first-order chi connectivity index (χ1) is 14.7. The highest BCUT2D eigenvalue weighted by Gasteiger charge is 2.24. The number of carbonyl (C=O) groups is 1. The number of carbonyl (C=O) groups excluding carboxylic acids is 1. The Morgan fingerprint density at radius 2 is 1.90 bits per heavy atom. The molecular weight excluding hydrogens is 394 g/mol. The molecule has 2 aliphatic rings. The molecule has 1 saturated heterocycles. The zero-order valence-electron chi connectivity index (χ0n) is 17.1. The van der Waals surface area contributed by atoms with Crippen LogP contribution in [0, 0.1) is 6.92 Å². The van der Waals surface area contributed by atoms with Gasteiger partial charge in [-0.05, 0) is 24.1 Å². The predicted molar refractivity (Wildman–Crippen MR) is 119 cm³/mol. The van der Waals surface area contributed by atoms with Crippen molar-refractivity contribution in [3.63, 3.8) is 0 Å². The van der Waals surface area contributed by atoms with Crippen LogP contribution in [0.1, 0.15) is 27.2 Å². The number of nitrogens with zero attached hydrogens (tertiary/aromatic N) is 3. The molecule has 3 aromatic rings. The summed E-state index contributed by atoms with van der Waals surface area (Å²) in [5.41, 5.74) is 5.48. The molecule has 1 fully saturated rings. The summed E-state index contributed by atoms with van der Waals surface area (Å²) in [5, 5.41) is 2.79. The van der Waals surface area contributed by atoms with Gasteiger partial charge in [0.1, 0.15) is 16.5 Å². The van der Waals surface area contributed by atoms with Gasteiger partial charge in [0.2, 0.25) is 0 Å². The molecule has 5 rings (SSSR count). The second kappa shape index (κ2) is 8.20. The molecule has 1 aromatic heterocycles. The van der Waals surface area contributed by atoms with E-state index in [0.717, 1.165) is 62.1 Å². The Morgan fingerprint density at radius 1 is 1.10 bits per heavy atom. The number of amides is 1. The van der Waals surface area contributed by atoms with Gasteiger partial charge in [-0.25, -0.2) is 4.98 Å². The van der Waals surface area contributed by atoms with Crippen LogP contribution in [0.15, 0.2) is 47.8 Å². The Bertz CT molecular complexity index is 1050. The number of fused-ring (bicyclic) bond motifs is 1. The maximum Gasteiger partial charge on any atom is 0.273 e. The van der Waals surface area contributed by atoms with Crippen molar-refractivity contribution in [2.24, 2.45) is 0 Å². The summed E-state index contributed by atoms with van der Waals surface area (Å²) in [4.78, 5) is 21.9. The minimum atomic E-state index is 0.0407. The van der Waals surface area contributed by atoms with Crippen molar-refractivity contribution in [1.82, 2.24) is 14.8 Å². The number of thiazole rings is 1. The Balaban J connectivity index is 1.18. The molecular formula is C24H25N3O2S. The van der Waals surface area contributed by atoms with Crippen molar-refractivity contribution in [3.05, 3.63) is 70.2 Å². The number of ether oxygens (including phenoxy) is 1. The van der Waals surface area contributed by atoms with Crippen LogP contribution < -0.4 is 4.74 Å². The molecule has 0 spiro atoms. The Labute approximate surface area is 180 Å². The first-order valence-electron chi connectivity index (χ1n) is 10.4. The number of hydrogen-bond acceptors (Lipinski definition) is 5. The SMILES string of the molecule is Cc1ccc(-c2nc(C(=O)N3CCN(Cc4ccc5c(c4)CCO5)CC3)cs2)cc1. The van der Waals surface area contributed by atoms with Gasteiger partial charge in [-0.15, -0.1) is 11.3 Å². The predicted octanol–water partition coefficient (Wildman–Crippen LogP) is 4.01. The zero-order valence-corrected chi connectivity index (χ0v) is 18.0. The van der Waals surface area contributed by atoms with Gasteiger partial charge < -0.3 is 9.64 Å². The van der Waals surface area contributed by atoms with E-state index in [4.69, 9.17) is 4.74 Å². The molecule has 2 aliphatic heterocycles. The molecule has 0 N–H and O–H groups in total. The fourth-order valence-electron chi connectivity index (χ4n) is 4.07. The quantitative estimate of drug-likeness (QED) is 0.641. The van der Waals surface area contributed by atoms with E-state index in [0.29, 0.717) is 5.69 Å². The first-order valence-corrected chi connectivity index (χ1v) is 11.3. The molecule has 2 aromatic carbocycles. The van der Waals surface area contributed by atoms with Crippen molar-refractivity contribution in [2.75, 3.05) is 32.8 Å². The fourth-order valence-corrected chi connectivity index (χ4v) is 4.87. The lowest BCUT2D eigenvalue weighted by Gasteiger charge is -2.34. The van der Waals surface area contributed by atoms with E-state index in [1.165, 1.54) is 28.0 Å². The van der Waals surface area contributed by atoms with Crippen molar-refractivity contribution in [1.29, 1.82) is 0 Å². The van der Waals surface area contributed by atoms with Crippen molar-refractivity contribution < 1.29 is 9.53 Å². The molecule has 3 heterocycles. The second-order valence-electron chi connectivity index (χ2n) is 8.01. The van der Waals surface area contributed by atoms with Crippen LogP contribution in [0.2, 0.25) is 0 Å². The van der Waals surface area contributed by atoms with Crippen molar-refractivity contribution in [3.8, 4) is 16.3 Å². The van der Waals surface area contributed by atoms with Gasteiger partial charge in [0.05, 0.1) is 6.61 Å². The van der Waals surface area contributed by atoms with E-state index in [-0.39, 0.29) is 5.91 Å². The number of benzene rings is 2. The van der Waals surface area contributed by atoms with E-state index in [1.807, 2.05) is 10.3 Å². The topological polar surface area (TPSA) is 45.7 Å². The van der Waals surface area contributed by atoms with Gasteiger partial charge in [-0.3, -0.25) is 9.69 Å². The molecule has 6 heteroatoms. The average molecular weight is 420 g/mol. The van der Waals surface area contributed by atoms with Crippen LogP contribution in [-0.2, 0) is 13.0 Å². The third-order valence-corrected chi connectivity index (χ3v) is 6.73. The number of rotatable bonds is 4. The Hall–Kier alpha value is -2.70. The smallest absolute Gasteiger partial charge is 0.273 e. The fraction of sp³-hybridized carbons (Fsp3) is 0.333. The number of aryl methyl sites for hydroxylation is 1. The van der Waals surface area contributed by atoms with E-state index >= 15 is 0 Å². The lowest BCUT2D eigenvalue weighted by atomic mass is 10.1. The minimum absolute atomic E-state index is 0.0407. The standard InChI is InChI=1S/C24H25N3O2S/c1-17-2-5-19(6-3-17)23-25-21(16-30-23)24(28)27-11-9-26(10-12-27)15-18-4-7-22-20(14-18)8-13-29-22/h2-7,14,16H,8-13,15H2,1H3. The van der Waals surface area contributed by atoms with Gasteiger partial charge in [0.25, 0.3) is 5.91 Å². The van der Waals surface area contributed by atoms with Gasteiger partial charge in [0, 0.05) is 50.1 Å². The molecule has 1 amide bonds. The maximum absolute atomic E-state index is 12.9. The largest absolute Gasteiger partial charge is 0.493 e. The Kier molecular flexibility index (Phi) is 5.27. The van der Waals surface area contributed by atoms with Crippen LogP contribution in [0.4, 0.5) is 0 Å². The molecule has 0 bridgehead atoms. The molecule has 0 radical (unpaired) electrons. The molecule has 0 atom stereocenters. The van der Waals surface area contributed by atoms with E-state index in [9.17, 15) is 4.79 Å². The van der Waals surface area contributed by atoms with Gasteiger partial charge >= 0.3 is 0 Å². The summed E-state index contributed by atoms with van der Waals surface area (Å²) < 4.78 is 5.60. The van der Waals surface area contributed by atoms with E-state index in [2.05, 4.69) is 59.3 Å². The molecule has 154 valence electrons. The number of aromatic nitrogens is 1. The van der Waals surface area contributed by atoms with Crippen LogP contribution in [0.5, 0.6) is 5.75 Å². The highest BCUT2D eigenvalue weighted by molar-refractivity contribution is 7.13. The highest BCUT2D eigenvalue weighted by atomic mass is 32.1. The van der Waals surface area contributed by atoms with Crippen LogP contribution in [0.3, 0.4) is 0 Å². The van der Waals surface area contributed by atoms with Gasteiger partial charge in [0.15, 0.2) is 0 Å². The monoisotopic (exact) mass is 419 g/mol. The second-order valence-corrected chi connectivity index (χ2v) is 8.87. The zero-order chi connectivity index (χ0) is 20.5. The third-order valence-electron chi connectivity index (χ3n) is 5.84. The first kappa shape index (κ1) is 19.3. The molecule has 30 heavy (non-hydrogen) atoms. The molecule has 5 nitrogen and oxygen atoms in total. The number of piperazine rings is 1. The van der Waals surface area contributed by atoms with E-state index < -0.39 is 0 Å². The summed E-state index contributed by atoms with van der Waals surface area (Å²) >= 11 is 1.53. The lowest BCUT2D eigenvalue weighted by molar-refractivity contribution is 0.0623. The summed E-state index contributed by atoms with van der Waals surface area (Å²) in [5.74, 6) is 1.07. The summed E-state index contributed by atoms with van der Waals surface area (Å²) in [6.07, 6.45) is 1.00. The number of hydrogen-bond donors (Lipinski definition) is 0. The van der Waals surface area contributed by atoms with Crippen molar-refractivity contribution in [2.45, 2.75) is 19.9 Å². The van der Waals surface area contributed by atoms with Gasteiger partial charge in [-0.1, -0.05) is 42.0 Å². The molecule has 0 saturated carbocycles.